The third kappa shape index (κ3) is 3.66. The maximum Gasteiger partial charge on any atom is 0.293 e. The first-order valence-corrected chi connectivity index (χ1v) is 11.2. The van der Waals surface area contributed by atoms with Crippen LogP contribution < -0.4 is 4.57 Å². The standard InChI is InChI=1S/C25H30N2S.Pr/c1-7-16-28-22-17-18(2)12-13-21(22)26-14-15-27-23(26)19-10-8-9-11-20(19)24(3,4)25(27,5)6;/h8-12,14-15,17H,7,16H2,1-6H3;. The maximum atomic E-state index is 3.57. The van der Waals surface area contributed by atoms with Crippen molar-refractivity contribution in [3.05, 3.63) is 66.0 Å². The summed E-state index contributed by atoms with van der Waals surface area (Å²) in [4.78, 5) is 1.31. The number of hydrogen-bond acceptors (Lipinski definition) is 1. The summed E-state index contributed by atoms with van der Waals surface area (Å²) < 4.78 is 4.80. The molecule has 0 bridgehead atoms. The van der Waals surface area contributed by atoms with Gasteiger partial charge in [0, 0.05) is 52.4 Å². The van der Waals surface area contributed by atoms with Crippen molar-refractivity contribution in [2.24, 2.45) is 0 Å². The van der Waals surface area contributed by atoms with E-state index in [1.54, 1.807) is 0 Å². The molecule has 1 radical (unpaired) electrons. The van der Waals surface area contributed by atoms with E-state index in [0.29, 0.717) is 0 Å². The predicted molar refractivity (Wildman–Crippen MR) is 118 cm³/mol. The fourth-order valence-electron chi connectivity index (χ4n) is 4.22. The number of hydrogen-bond donors (Lipinski definition) is 0. The number of rotatable bonds is 4. The van der Waals surface area contributed by atoms with Crippen molar-refractivity contribution in [3.8, 4) is 17.1 Å². The molecule has 0 saturated heterocycles. The van der Waals surface area contributed by atoms with Crippen LogP contribution in [0.25, 0.3) is 17.1 Å². The second-order valence-electron chi connectivity index (χ2n) is 8.83. The Kier molecular flexibility index (Phi) is 6.73. The zero-order valence-electron chi connectivity index (χ0n) is 18.4. The molecule has 3 aromatic rings. The van der Waals surface area contributed by atoms with Crippen LogP contribution in [-0.4, -0.2) is 10.3 Å². The summed E-state index contributed by atoms with van der Waals surface area (Å²) >= 11 is 1.93. The number of aryl methyl sites for hydroxylation is 1. The first-order chi connectivity index (χ1) is 13.3. The molecule has 1 aliphatic heterocycles. The molecule has 0 atom stereocenters. The van der Waals surface area contributed by atoms with Gasteiger partial charge in [0.2, 0.25) is 0 Å². The molecule has 0 fully saturated rings. The van der Waals surface area contributed by atoms with E-state index in [4.69, 9.17) is 0 Å². The van der Waals surface area contributed by atoms with E-state index in [0.717, 1.165) is 11.4 Å². The fourth-order valence-corrected chi connectivity index (χ4v) is 5.20. The summed E-state index contributed by atoms with van der Waals surface area (Å²) in [7, 11) is 0. The van der Waals surface area contributed by atoms with E-state index in [2.05, 4.69) is 106 Å². The Morgan fingerprint density at radius 2 is 1.86 bits per heavy atom. The molecule has 0 aliphatic carbocycles. The van der Waals surface area contributed by atoms with E-state index in [1.807, 2.05) is 11.8 Å². The molecule has 0 N–H and O–H groups in total. The van der Waals surface area contributed by atoms with Gasteiger partial charge in [-0.3, -0.25) is 0 Å². The van der Waals surface area contributed by atoms with Crippen molar-refractivity contribution in [2.45, 2.75) is 63.8 Å². The van der Waals surface area contributed by atoms with Crippen LogP contribution in [0.15, 0.2) is 53.7 Å². The third-order valence-electron chi connectivity index (χ3n) is 6.53. The summed E-state index contributed by atoms with van der Waals surface area (Å²) in [6.07, 6.45) is 5.63. The molecule has 4 rings (SSSR count). The van der Waals surface area contributed by atoms with Gasteiger partial charge in [0.05, 0.1) is 5.56 Å². The third-order valence-corrected chi connectivity index (χ3v) is 7.76. The van der Waals surface area contributed by atoms with Crippen LogP contribution in [0, 0.1) is 54.3 Å². The first kappa shape index (κ1) is 23.0. The fraction of sp³-hybridized carbons (Fsp3) is 0.400. The Bertz CT molecular complexity index is 1030. The minimum atomic E-state index is -0.0383. The van der Waals surface area contributed by atoms with E-state index in [1.165, 1.54) is 33.8 Å². The molecular weight excluding hydrogens is 501 g/mol. The molecule has 29 heavy (non-hydrogen) atoms. The van der Waals surface area contributed by atoms with Gasteiger partial charge in [-0.15, -0.1) is 6.07 Å². The van der Waals surface area contributed by atoms with Crippen LogP contribution in [-0.2, 0) is 11.0 Å². The topological polar surface area (TPSA) is 8.81 Å². The van der Waals surface area contributed by atoms with Gasteiger partial charge in [0.25, 0.3) is 5.82 Å². The van der Waals surface area contributed by atoms with Gasteiger partial charge < -0.3 is 0 Å². The molecule has 0 unspecified atom stereocenters. The van der Waals surface area contributed by atoms with Crippen molar-refractivity contribution in [1.82, 2.24) is 4.57 Å². The van der Waals surface area contributed by atoms with E-state index >= 15 is 0 Å². The largest absolute Gasteiger partial charge is 0.293 e. The Morgan fingerprint density at radius 3 is 2.59 bits per heavy atom. The number of thioether (sulfide) groups is 1. The molecule has 2 aromatic carbocycles. The van der Waals surface area contributed by atoms with Crippen LogP contribution in [0.1, 0.15) is 52.2 Å². The summed E-state index contributed by atoms with van der Waals surface area (Å²) in [5.74, 6) is 2.37. The first-order valence-electron chi connectivity index (χ1n) is 10.2. The monoisotopic (exact) mass is 531 g/mol. The molecule has 149 valence electrons. The maximum absolute atomic E-state index is 3.57. The molecule has 4 heteroatoms. The summed E-state index contributed by atoms with van der Waals surface area (Å²) in [6.45, 7) is 13.8. The van der Waals surface area contributed by atoms with Gasteiger partial charge in [-0.25, -0.2) is 9.13 Å². The second kappa shape index (κ2) is 8.48. The number of imidazole rings is 1. The van der Waals surface area contributed by atoms with Gasteiger partial charge in [-0.1, -0.05) is 50.8 Å². The molecule has 2 nitrogen and oxygen atoms in total. The predicted octanol–water partition coefficient (Wildman–Crippen LogP) is 6.07. The summed E-state index contributed by atoms with van der Waals surface area (Å²) in [5, 5.41) is 0. The molecule has 2 heterocycles. The molecule has 1 aliphatic rings. The SMILES string of the molecule is CCCSc1cc(C)c[c-]c1-n1cc[n+]2c1-c1ccccc1C(C)(C)C2(C)C.[Pr]. The van der Waals surface area contributed by atoms with Crippen LogP contribution in [0.3, 0.4) is 0 Å². The number of benzene rings is 2. The van der Waals surface area contributed by atoms with Crippen molar-refractivity contribution < 1.29 is 45.9 Å². The molecule has 0 saturated carbocycles. The van der Waals surface area contributed by atoms with Crippen LogP contribution in [0.4, 0.5) is 0 Å². The zero-order valence-corrected chi connectivity index (χ0v) is 22.9. The molecule has 1 aromatic heterocycles. The van der Waals surface area contributed by atoms with E-state index in [9.17, 15) is 0 Å². The van der Waals surface area contributed by atoms with Crippen molar-refractivity contribution in [3.63, 3.8) is 0 Å². The zero-order chi connectivity index (χ0) is 20.1. The van der Waals surface area contributed by atoms with Crippen LogP contribution in [0.2, 0.25) is 0 Å². The second-order valence-corrected chi connectivity index (χ2v) is 9.97. The summed E-state index contributed by atoms with van der Waals surface area (Å²) in [6, 6.07) is 16.9. The average molecular weight is 532 g/mol. The number of aromatic nitrogens is 2. The average Bonchev–Trinajstić information content (AvgIpc) is 3.11. The quantitative estimate of drug-likeness (QED) is 0.226. The minimum Gasteiger partial charge on any atom is -0.224 e. The normalized spacial score (nSPS) is 15.9. The van der Waals surface area contributed by atoms with Crippen molar-refractivity contribution >= 4 is 11.8 Å². The van der Waals surface area contributed by atoms with Crippen molar-refractivity contribution in [2.75, 3.05) is 5.75 Å². The molecule has 0 spiro atoms. The molecular formula is C25H30N2PrS. The molecule has 0 amide bonds. The Labute approximate surface area is 213 Å². The van der Waals surface area contributed by atoms with Gasteiger partial charge in [-0.2, -0.15) is 29.5 Å². The number of fused-ring (bicyclic) bond motifs is 3. The van der Waals surface area contributed by atoms with Gasteiger partial charge in [0.1, 0.15) is 17.9 Å². The summed E-state index contributed by atoms with van der Waals surface area (Å²) in [5.41, 5.74) is 5.14. The van der Waals surface area contributed by atoms with Gasteiger partial charge >= 0.3 is 0 Å². The van der Waals surface area contributed by atoms with Gasteiger partial charge in [0.15, 0.2) is 0 Å². The minimum absolute atomic E-state index is 0. The smallest absolute Gasteiger partial charge is 0.224 e. The van der Waals surface area contributed by atoms with Crippen LogP contribution in [0.5, 0.6) is 0 Å². The Hall–Kier alpha value is -0.636. The Balaban J connectivity index is 0.00000240. The van der Waals surface area contributed by atoms with Gasteiger partial charge in [-0.05, 0) is 37.7 Å². The van der Waals surface area contributed by atoms with Crippen molar-refractivity contribution in [1.29, 1.82) is 0 Å². The van der Waals surface area contributed by atoms with E-state index < -0.39 is 0 Å². The Morgan fingerprint density at radius 1 is 1.14 bits per heavy atom. The number of nitrogens with zero attached hydrogens (tertiary/aromatic N) is 2. The van der Waals surface area contributed by atoms with E-state index in [-0.39, 0.29) is 52.2 Å². The van der Waals surface area contributed by atoms with Crippen LogP contribution >= 0.6 is 11.8 Å².